The standard InChI is InChI=1S/C15H18ClN3O4/c1-8-5-10(16)6-9(2)13(8)23-7-12(20)18-19-15(22)14(21)17-11-3-4-11/h5-6,11H,3-4,7H2,1-2H3,(H,17,21)(H,18,20)(H,19,22). The van der Waals surface area contributed by atoms with Gasteiger partial charge in [-0.15, -0.1) is 0 Å². The summed E-state index contributed by atoms with van der Waals surface area (Å²) in [5, 5.41) is 3.10. The molecule has 1 saturated carbocycles. The van der Waals surface area contributed by atoms with Crippen LogP contribution in [0.25, 0.3) is 0 Å². The second kappa shape index (κ2) is 7.32. The van der Waals surface area contributed by atoms with Crippen molar-refractivity contribution in [3.05, 3.63) is 28.3 Å². The van der Waals surface area contributed by atoms with Gasteiger partial charge >= 0.3 is 11.8 Å². The quantitative estimate of drug-likeness (QED) is 0.557. The molecule has 0 heterocycles. The first-order valence-corrected chi connectivity index (χ1v) is 7.54. The number of ether oxygens (including phenoxy) is 1. The number of hydrogen-bond donors (Lipinski definition) is 3. The summed E-state index contributed by atoms with van der Waals surface area (Å²) in [5.41, 5.74) is 5.77. The molecule has 0 atom stereocenters. The number of aryl methyl sites for hydroxylation is 2. The highest BCUT2D eigenvalue weighted by Crippen LogP contribution is 2.26. The molecule has 8 heteroatoms. The van der Waals surface area contributed by atoms with Crippen LogP contribution in [0.1, 0.15) is 24.0 Å². The first-order valence-electron chi connectivity index (χ1n) is 7.16. The summed E-state index contributed by atoms with van der Waals surface area (Å²) in [6, 6.07) is 3.53. The molecule has 1 fully saturated rings. The van der Waals surface area contributed by atoms with E-state index in [-0.39, 0.29) is 12.6 Å². The minimum absolute atomic E-state index is 0.0724. The Hall–Kier alpha value is -2.28. The van der Waals surface area contributed by atoms with Gasteiger partial charge in [0, 0.05) is 11.1 Å². The van der Waals surface area contributed by atoms with Crippen LogP contribution in [0.3, 0.4) is 0 Å². The van der Waals surface area contributed by atoms with E-state index < -0.39 is 17.7 Å². The van der Waals surface area contributed by atoms with E-state index in [0.29, 0.717) is 10.8 Å². The molecular weight excluding hydrogens is 322 g/mol. The van der Waals surface area contributed by atoms with E-state index in [0.717, 1.165) is 24.0 Å². The summed E-state index contributed by atoms with van der Waals surface area (Å²) >= 11 is 5.92. The minimum Gasteiger partial charge on any atom is -0.483 e. The van der Waals surface area contributed by atoms with Crippen molar-refractivity contribution in [1.29, 1.82) is 0 Å². The minimum atomic E-state index is -0.913. The van der Waals surface area contributed by atoms with E-state index >= 15 is 0 Å². The zero-order valence-corrected chi connectivity index (χ0v) is 13.6. The van der Waals surface area contributed by atoms with Crippen LogP contribution in [0.5, 0.6) is 5.75 Å². The number of halogens is 1. The molecular formula is C15H18ClN3O4. The van der Waals surface area contributed by atoms with Crippen LogP contribution in [0.4, 0.5) is 0 Å². The van der Waals surface area contributed by atoms with Gasteiger partial charge in [-0.2, -0.15) is 0 Å². The average Bonchev–Trinajstić information content (AvgIpc) is 3.27. The lowest BCUT2D eigenvalue weighted by Crippen LogP contribution is -2.50. The van der Waals surface area contributed by atoms with E-state index in [1.54, 1.807) is 12.1 Å². The molecule has 1 aliphatic rings. The number of benzene rings is 1. The molecule has 0 aromatic heterocycles. The molecule has 1 aromatic rings. The Morgan fingerprint density at radius 2 is 1.74 bits per heavy atom. The zero-order chi connectivity index (χ0) is 17.0. The van der Waals surface area contributed by atoms with Crippen molar-refractivity contribution >= 4 is 29.3 Å². The highest BCUT2D eigenvalue weighted by molar-refractivity contribution is 6.35. The van der Waals surface area contributed by atoms with E-state index in [1.165, 1.54) is 0 Å². The molecule has 0 radical (unpaired) electrons. The van der Waals surface area contributed by atoms with E-state index in [2.05, 4.69) is 10.7 Å². The molecule has 0 unspecified atom stereocenters. The fraction of sp³-hybridized carbons (Fsp3) is 0.400. The molecule has 7 nitrogen and oxygen atoms in total. The number of rotatable bonds is 4. The van der Waals surface area contributed by atoms with Crippen LogP contribution in [0.15, 0.2) is 12.1 Å². The number of hydrazine groups is 1. The highest BCUT2D eigenvalue weighted by Gasteiger charge is 2.26. The van der Waals surface area contributed by atoms with Crippen molar-refractivity contribution < 1.29 is 19.1 Å². The van der Waals surface area contributed by atoms with Gasteiger partial charge in [-0.1, -0.05) is 11.6 Å². The van der Waals surface area contributed by atoms with Crippen molar-refractivity contribution in [2.45, 2.75) is 32.7 Å². The lowest BCUT2D eigenvalue weighted by atomic mass is 10.1. The maximum Gasteiger partial charge on any atom is 0.327 e. The van der Waals surface area contributed by atoms with Crippen molar-refractivity contribution in [3.63, 3.8) is 0 Å². The Bertz CT molecular complexity index is 621. The first-order chi connectivity index (χ1) is 10.9. The second-order valence-corrected chi connectivity index (χ2v) is 5.84. The number of hydrogen-bond acceptors (Lipinski definition) is 4. The number of carbonyl (C=O) groups excluding carboxylic acids is 3. The smallest absolute Gasteiger partial charge is 0.327 e. The second-order valence-electron chi connectivity index (χ2n) is 5.41. The van der Waals surface area contributed by atoms with Gasteiger partial charge in [0.25, 0.3) is 5.91 Å². The van der Waals surface area contributed by atoms with Crippen molar-refractivity contribution in [1.82, 2.24) is 16.2 Å². The van der Waals surface area contributed by atoms with Crippen molar-refractivity contribution in [3.8, 4) is 5.75 Å². The van der Waals surface area contributed by atoms with Gasteiger partial charge in [-0.3, -0.25) is 25.2 Å². The molecule has 1 aliphatic carbocycles. The van der Waals surface area contributed by atoms with Gasteiger partial charge in [-0.25, -0.2) is 0 Å². The normalized spacial score (nSPS) is 13.2. The van der Waals surface area contributed by atoms with Gasteiger partial charge in [-0.05, 0) is 49.9 Å². The van der Waals surface area contributed by atoms with Crippen molar-refractivity contribution in [2.24, 2.45) is 0 Å². The molecule has 23 heavy (non-hydrogen) atoms. The van der Waals surface area contributed by atoms with Gasteiger partial charge < -0.3 is 10.1 Å². The fourth-order valence-corrected chi connectivity index (χ4v) is 2.29. The molecule has 0 bridgehead atoms. The number of nitrogens with one attached hydrogen (secondary N) is 3. The Labute approximate surface area is 138 Å². The predicted molar refractivity (Wildman–Crippen MR) is 83.9 cm³/mol. The van der Waals surface area contributed by atoms with Gasteiger partial charge in [0.05, 0.1) is 0 Å². The topological polar surface area (TPSA) is 96.5 Å². The van der Waals surface area contributed by atoms with Crippen LogP contribution >= 0.6 is 11.6 Å². The third kappa shape index (κ3) is 5.14. The van der Waals surface area contributed by atoms with Crippen LogP contribution in [-0.4, -0.2) is 30.4 Å². The van der Waals surface area contributed by atoms with Gasteiger partial charge in [0.2, 0.25) is 0 Å². The molecule has 1 aromatic carbocycles. The monoisotopic (exact) mass is 339 g/mol. The summed E-state index contributed by atoms with van der Waals surface area (Å²) in [6.07, 6.45) is 1.75. The van der Waals surface area contributed by atoms with E-state index in [9.17, 15) is 14.4 Å². The Morgan fingerprint density at radius 1 is 1.13 bits per heavy atom. The lowest BCUT2D eigenvalue weighted by molar-refractivity contribution is -0.141. The molecule has 3 amide bonds. The van der Waals surface area contributed by atoms with Crippen LogP contribution in [0.2, 0.25) is 5.02 Å². The third-order valence-electron chi connectivity index (χ3n) is 3.21. The summed E-state index contributed by atoms with van der Waals surface area (Å²) in [6.45, 7) is 3.33. The Morgan fingerprint density at radius 3 is 2.30 bits per heavy atom. The predicted octanol–water partition coefficient (Wildman–Crippen LogP) is 0.762. The summed E-state index contributed by atoms with van der Waals surface area (Å²) < 4.78 is 5.43. The Kier molecular flexibility index (Phi) is 5.44. The first kappa shape index (κ1) is 17.1. The molecule has 124 valence electrons. The van der Waals surface area contributed by atoms with Crippen LogP contribution in [0, 0.1) is 13.8 Å². The number of amides is 3. The maximum atomic E-state index is 11.7. The fourth-order valence-electron chi connectivity index (χ4n) is 1.96. The van der Waals surface area contributed by atoms with Crippen LogP contribution < -0.4 is 20.9 Å². The average molecular weight is 340 g/mol. The van der Waals surface area contributed by atoms with Crippen LogP contribution in [-0.2, 0) is 14.4 Å². The SMILES string of the molecule is Cc1cc(Cl)cc(C)c1OCC(=O)NNC(=O)C(=O)NC1CC1. The van der Waals surface area contributed by atoms with Gasteiger partial charge in [0.15, 0.2) is 6.61 Å². The maximum absolute atomic E-state index is 11.7. The summed E-state index contributed by atoms with van der Waals surface area (Å²) in [5.74, 6) is -1.70. The molecule has 0 aliphatic heterocycles. The molecule has 0 saturated heterocycles. The Balaban J connectivity index is 1.76. The van der Waals surface area contributed by atoms with E-state index in [1.807, 2.05) is 19.3 Å². The highest BCUT2D eigenvalue weighted by atomic mass is 35.5. The lowest BCUT2D eigenvalue weighted by Gasteiger charge is -2.13. The summed E-state index contributed by atoms with van der Waals surface area (Å²) in [4.78, 5) is 34.5. The number of carbonyl (C=O) groups is 3. The van der Waals surface area contributed by atoms with Crippen molar-refractivity contribution in [2.75, 3.05) is 6.61 Å². The van der Waals surface area contributed by atoms with Gasteiger partial charge in [0.1, 0.15) is 5.75 Å². The zero-order valence-electron chi connectivity index (χ0n) is 12.9. The van der Waals surface area contributed by atoms with E-state index in [4.69, 9.17) is 16.3 Å². The molecule has 3 N–H and O–H groups in total. The molecule has 0 spiro atoms. The third-order valence-corrected chi connectivity index (χ3v) is 3.43. The summed E-state index contributed by atoms with van der Waals surface area (Å²) in [7, 11) is 0. The largest absolute Gasteiger partial charge is 0.483 e. The molecule has 2 rings (SSSR count).